The Kier molecular flexibility index (Phi) is 5.10. The molecule has 116 valence electrons. The summed E-state index contributed by atoms with van der Waals surface area (Å²) in [6.45, 7) is 4.17. The van der Waals surface area contributed by atoms with Crippen molar-refractivity contribution in [3.8, 4) is 11.5 Å². The maximum Gasteiger partial charge on any atom is 0.223 e. The standard InChI is InChI=1S/C17H25NO3/c1-12(2)18(14-6-7-14)17(19)10-5-13-11-15(20-3)8-9-16(13)21-4/h8-9,11-12,14H,5-7,10H2,1-4H3. The molecule has 0 radical (unpaired) electrons. The number of rotatable bonds is 7. The number of carbonyl (C=O) groups is 1. The van der Waals surface area contributed by atoms with E-state index in [0.29, 0.717) is 18.9 Å². The van der Waals surface area contributed by atoms with Gasteiger partial charge in [0.15, 0.2) is 0 Å². The van der Waals surface area contributed by atoms with Crippen molar-refractivity contribution in [1.29, 1.82) is 0 Å². The lowest BCUT2D eigenvalue weighted by Crippen LogP contribution is -2.38. The van der Waals surface area contributed by atoms with E-state index in [1.807, 2.05) is 23.1 Å². The van der Waals surface area contributed by atoms with E-state index in [-0.39, 0.29) is 11.9 Å². The predicted octanol–water partition coefficient (Wildman–Crippen LogP) is 3.04. The van der Waals surface area contributed by atoms with Gasteiger partial charge < -0.3 is 14.4 Å². The third-order valence-corrected chi connectivity index (χ3v) is 3.88. The largest absolute Gasteiger partial charge is 0.497 e. The number of benzene rings is 1. The van der Waals surface area contributed by atoms with Crippen molar-refractivity contribution in [3.05, 3.63) is 23.8 Å². The molecule has 2 rings (SSSR count). The number of ether oxygens (including phenoxy) is 2. The Hall–Kier alpha value is -1.71. The minimum atomic E-state index is 0.234. The van der Waals surface area contributed by atoms with E-state index in [2.05, 4.69) is 13.8 Å². The summed E-state index contributed by atoms with van der Waals surface area (Å²) in [7, 11) is 3.29. The lowest BCUT2D eigenvalue weighted by atomic mass is 10.1. The van der Waals surface area contributed by atoms with Crippen LogP contribution in [0.2, 0.25) is 0 Å². The fourth-order valence-electron chi connectivity index (χ4n) is 2.71. The normalized spacial score (nSPS) is 14.1. The van der Waals surface area contributed by atoms with Gasteiger partial charge in [0.1, 0.15) is 11.5 Å². The monoisotopic (exact) mass is 291 g/mol. The molecule has 1 saturated carbocycles. The van der Waals surface area contributed by atoms with E-state index >= 15 is 0 Å². The highest BCUT2D eigenvalue weighted by molar-refractivity contribution is 5.77. The van der Waals surface area contributed by atoms with Crippen molar-refractivity contribution in [3.63, 3.8) is 0 Å². The molecular weight excluding hydrogens is 266 g/mol. The second-order valence-corrected chi connectivity index (χ2v) is 5.80. The molecular formula is C17H25NO3. The number of carbonyl (C=O) groups excluding carboxylic acids is 1. The number of hydrogen-bond acceptors (Lipinski definition) is 3. The predicted molar refractivity (Wildman–Crippen MR) is 82.9 cm³/mol. The SMILES string of the molecule is COc1ccc(OC)c(CCC(=O)N(C(C)C)C2CC2)c1. The zero-order valence-corrected chi connectivity index (χ0v) is 13.4. The molecule has 1 aliphatic rings. The molecule has 0 unspecified atom stereocenters. The van der Waals surface area contributed by atoms with Crippen LogP contribution in [0.4, 0.5) is 0 Å². The number of methoxy groups -OCH3 is 2. The van der Waals surface area contributed by atoms with Crippen LogP contribution < -0.4 is 9.47 Å². The van der Waals surface area contributed by atoms with Gasteiger partial charge in [-0.15, -0.1) is 0 Å². The minimum Gasteiger partial charge on any atom is -0.497 e. The Morgan fingerprint density at radius 3 is 2.52 bits per heavy atom. The van der Waals surface area contributed by atoms with Gasteiger partial charge >= 0.3 is 0 Å². The third-order valence-electron chi connectivity index (χ3n) is 3.88. The van der Waals surface area contributed by atoms with E-state index in [9.17, 15) is 4.79 Å². The highest BCUT2D eigenvalue weighted by atomic mass is 16.5. The number of aryl methyl sites for hydroxylation is 1. The Balaban J connectivity index is 2.03. The minimum absolute atomic E-state index is 0.234. The van der Waals surface area contributed by atoms with Crippen molar-refractivity contribution in [1.82, 2.24) is 4.90 Å². The maximum atomic E-state index is 12.4. The van der Waals surface area contributed by atoms with Crippen molar-refractivity contribution in [2.24, 2.45) is 0 Å². The average Bonchev–Trinajstić information content (AvgIpc) is 3.29. The maximum absolute atomic E-state index is 12.4. The summed E-state index contributed by atoms with van der Waals surface area (Å²) in [6.07, 6.45) is 3.48. The van der Waals surface area contributed by atoms with Gasteiger partial charge in [-0.2, -0.15) is 0 Å². The van der Waals surface area contributed by atoms with Crippen LogP contribution in [-0.4, -0.2) is 37.1 Å². The third kappa shape index (κ3) is 3.90. The molecule has 0 aromatic heterocycles. The first-order valence-electron chi connectivity index (χ1n) is 7.59. The Morgan fingerprint density at radius 1 is 1.29 bits per heavy atom. The van der Waals surface area contributed by atoms with Crippen LogP contribution in [-0.2, 0) is 11.2 Å². The summed E-state index contributed by atoms with van der Waals surface area (Å²) < 4.78 is 10.6. The van der Waals surface area contributed by atoms with Crippen LogP contribution >= 0.6 is 0 Å². The molecule has 0 aliphatic heterocycles. The van der Waals surface area contributed by atoms with Crippen LogP contribution in [0, 0.1) is 0 Å². The molecule has 4 heteroatoms. The zero-order valence-electron chi connectivity index (χ0n) is 13.4. The van der Waals surface area contributed by atoms with Gasteiger partial charge in [-0.25, -0.2) is 0 Å². The molecule has 0 heterocycles. The van der Waals surface area contributed by atoms with Crippen LogP contribution in [0.25, 0.3) is 0 Å². The Labute approximate surface area is 127 Å². The summed E-state index contributed by atoms with van der Waals surface area (Å²) in [5, 5.41) is 0. The highest BCUT2D eigenvalue weighted by Gasteiger charge is 2.33. The highest BCUT2D eigenvalue weighted by Crippen LogP contribution is 2.30. The van der Waals surface area contributed by atoms with Crippen LogP contribution in [0.15, 0.2) is 18.2 Å². The van der Waals surface area contributed by atoms with Crippen LogP contribution in [0.5, 0.6) is 11.5 Å². The van der Waals surface area contributed by atoms with Gasteiger partial charge in [0.05, 0.1) is 14.2 Å². The Bertz CT molecular complexity index is 493. The number of nitrogens with zero attached hydrogens (tertiary/aromatic N) is 1. The van der Waals surface area contributed by atoms with Crippen molar-refractivity contribution in [2.75, 3.05) is 14.2 Å². The fraction of sp³-hybridized carbons (Fsp3) is 0.588. The fourth-order valence-corrected chi connectivity index (χ4v) is 2.71. The lowest BCUT2D eigenvalue weighted by Gasteiger charge is -2.27. The molecule has 0 bridgehead atoms. The van der Waals surface area contributed by atoms with E-state index in [1.165, 1.54) is 0 Å². The molecule has 1 aliphatic carbocycles. The molecule has 21 heavy (non-hydrogen) atoms. The molecule has 4 nitrogen and oxygen atoms in total. The molecule has 0 atom stereocenters. The van der Waals surface area contributed by atoms with Crippen molar-refractivity contribution in [2.45, 2.75) is 51.6 Å². The summed E-state index contributed by atoms with van der Waals surface area (Å²) in [5.74, 6) is 1.84. The van der Waals surface area contributed by atoms with Crippen LogP contribution in [0.3, 0.4) is 0 Å². The molecule has 1 fully saturated rings. The Morgan fingerprint density at radius 2 is 2.00 bits per heavy atom. The molecule has 0 N–H and O–H groups in total. The molecule has 0 saturated heterocycles. The van der Waals surface area contributed by atoms with Crippen molar-refractivity contribution >= 4 is 5.91 Å². The van der Waals surface area contributed by atoms with Crippen LogP contribution in [0.1, 0.15) is 38.7 Å². The summed E-state index contributed by atoms with van der Waals surface area (Å²) >= 11 is 0. The quantitative estimate of drug-likeness (QED) is 0.775. The molecule has 0 spiro atoms. The summed E-state index contributed by atoms with van der Waals surface area (Å²) in [6, 6.07) is 6.44. The summed E-state index contributed by atoms with van der Waals surface area (Å²) in [5.41, 5.74) is 1.02. The smallest absolute Gasteiger partial charge is 0.223 e. The second kappa shape index (κ2) is 6.83. The average molecular weight is 291 g/mol. The van der Waals surface area contributed by atoms with Crippen molar-refractivity contribution < 1.29 is 14.3 Å². The first kappa shape index (κ1) is 15.7. The topological polar surface area (TPSA) is 38.8 Å². The second-order valence-electron chi connectivity index (χ2n) is 5.80. The summed E-state index contributed by atoms with van der Waals surface area (Å²) in [4.78, 5) is 14.5. The van der Waals surface area contributed by atoms with Gasteiger partial charge in [-0.05, 0) is 56.9 Å². The van der Waals surface area contributed by atoms with E-state index in [1.54, 1.807) is 14.2 Å². The molecule has 1 amide bonds. The zero-order chi connectivity index (χ0) is 15.4. The van der Waals surface area contributed by atoms with Gasteiger partial charge in [0.25, 0.3) is 0 Å². The van der Waals surface area contributed by atoms with E-state index in [4.69, 9.17) is 9.47 Å². The number of amides is 1. The number of hydrogen-bond donors (Lipinski definition) is 0. The molecule has 1 aromatic carbocycles. The first-order chi connectivity index (χ1) is 10.1. The molecule has 1 aromatic rings. The van der Waals surface area contributed by atoms with Gasteiger partial charge in [0.2, 0.25) is 5.91 Å². The lowest BCUT2D eigenvalue weighted by molar-refractivity contribution is -0.133. The van der Waals surface area contributed by atoms with Gasteiger partial charge in [0, 0.05) is 18.5 Å². The van der Waals surface area contributed by atoms with E-state index in [0.717, 1.165) is 29.9 Å². The first-order valence-corrected chi connectivity index (χ1v) is 7.59. The van der Waals surface area contributed by atoms with E-state index < -0.39 is 0 Å². The van der Waals surface area contributed by atoms with Gasteiger partial charge in [-0.1, -0.05) is 0 Å². The van der Waals surface area contributed by atoms with Gasteiger partial charge in [-0.3, -0.25) is 4.79 Å².